The van der Waals surface area contributed by atoms with Crippen molar-refractivity contribution in [3.63, 3.8) is 0 Å². The highest BCUT2D eigenvalue weighted by molar-refractivity contribution is 9.10. The number of hydrogen-bond donors (Lipinski definition) is 0. The van der Waals surface area contributed by atoms with Crippen LogP contribution in [0.4, 0.5) is 5.69 Å². The number of rotatable bonds is 7. The summed E-state index contributed by atoms with van der Waals surface area (Å²) in [6.45, 7) is 4.04. The van der Waals surface area contributed by atoms with Gasteiger partial charge in [0.25, 0.3) is 11.2 Å². The van der Waals surface area contributed by atoms with E-state index in [0.29, 0.717) is 28.0 Å². The van der Waals surface area contributed by atoms with E-state index >= 15 is 0 Å². The molecule has 0 radical (unpaired) electrons. The summed E-state index contributed by atoms with van der Waals surface area (Å²) in [5.41, 5.74) is 0.825. The number of ether oxygens (including phenoxy) is 1. The first kappa shape index (κ1) is 25.2. The van der Waals surface area contributed by atoms with E-state index in [9.17, 15) is 14.9 Å². The summed E-state index contributed by atoms with van der Waals surface area (Å²) in [4.78, 5) is 32.9. The molecule has 5 aromatic rings. The molecule has 2 heterocycles. The number of benzene rings is 3. The lowest BCUT2D eigenvalue weighted by molar-refractivity contribution is -0.385. The number of fused-ring (bicyclic) bond motifs is 2. The quantitative estimate of drug-likeness (QED) is 0.120. The van der Waals surface area contributed by atoms with E-state index in [0.717, 1.165) is 27.9 Å². The Labute approximate surface area is 225 Å². The molecular formula is C28H22BrN5O4. The van der Waals surface area contributed by atoms with Gasteiger partial charge in [-0.05, 0) is 41.5 Å². The zero-order valence-electron chi connectivity index (χ0n) is 20.5. The number of hydrogen-bond acceptors (Lipinski definition) is 7. The standard InChI is InChI=1S/C28H22BrN5O4/c1-3-17(2)27-32-24-11-9-19(29)14-22(24)28(35)33(27)31-16-23-21-7-5-4-6-18(21)8-12-25(23)38-26-13-10-20(15-30-26)34(36)37/h4-17H,3H2,1-2H3/t17-/m1/s1. The fourth-order valence-corrected chi connectivity index (χ4v) is 4.41. The normalized spacial score (nSPS) is 12.3. The van der Waals surface area contributed by atoms with Crippen LogP contribution in [0.15, 0.2) is 87.3 Å². The molecule has 0 fully saturated rings. The van der Waals surface area contributed by atoms with Crippen LogP contribution in [-0.2, 0) is 0 Å². The molecule has 0 unspecified atom stereocenters. The van der Waals surface area contributed by atoms with Gasteiger partial charge in [-0.15, -0.1) is 0 Å². The zero-order chi connectivity index (χ0) is 26.8. The second-order valence-electron chi connectivity index (χ2n) is 8.71. The monoisotopic (exact) mass is 571 g/mol. The van der Waals surface area contributed by atoms with Crippen molar-refractivity contribution in [2.75, 3.05) is 0 Å². The average molecular weight is 572 g/mol. The molecule has 0 bridgehead atoms. The van der Waals surface area contributed by atoms with Gasteiger partial charge < -0.3 is 4.74 Å². The van der Waals surface area contributed by atoms with Crippen molar-refractivity contribution in [2.45, 2.75) is 26.2 Å². The maximum absolute atomic E-state index is 13.6. The second-order valence-corrected chi connectivity index (χ2v) is 9.63. The summed E-state index contributed by atoms with van der Waals surface area (Å²) in [6.07, 6.45) is 3.50. The molecule has 0 aliphatic carbocycles. The lowest BCUT2D eigenvalue weighted by Crippen LogP contribution is -2.23. The highest BCUT2D eigenvalue weighted by Gasteiger charge is 2.17. The molecule has 0 saturated carbocycles. The summed E-state index contributed by atoms with van der Waals surface area (Å²) in [5, 5.41) is 17.9. The maximum Gasteiger partial charge on any atom is 0.287 e. The van der Waals surface area contributed by atoms with Crippen molar-refractivity contribution < 1.29 is 9.66 Å². The fourth-order valence-electron chi connectivity index (χ4n) is 4.05. The molecule has 0 N–H and O–H groups in total. The molecule has 0 saturated heterocycles. The van der Waals surface area contributed by atoms with E-state index in [-0.39, 0.29) is 23.0 Å². The van der Waals surface area contributed by atoms with Crippen molar-refractivity contribution in [3.05, 3.63) is 109 Å². The number of pyridine rings is 1. The Morgan fingerprint density at radius 3 is 2.68 bits per heavy atom. The third kappa shape index (κ3) is 4.90. The van der Waals surface area contributed by atoms with Gasteiger partial charge in [0.05, 0.1) is 22.0 Å². The molecule has 0 amide bonds. The molecule has 190 valence electrons. The van der Waals surface area contributed by atoms with E-state index in [1.54, 1.807) is 18.3 Å². The SMILES string of the molecule is CC[C@@H](C)c1nc2ccc(Br)cc2c(=O)n1N=Cc1c(Oc2ccc([N+](=O)[O-])cn2)ccc2ccccc12. The van der Waals surface area contributed by atoms with Crippen molar-refractivity contribution in [2.24, 2.45) is 5.10 Å². The van der Waals surface area contributed by atoms with Gasteiger partial charge in [0.2, 0.25) is 5.88 Å². The number of aromatic nitrogens is 3. The lowest BCUT2D eigenvalue weighted by Gasteiger charge is -2.15. The summed E-state index contributed by atoms with van der Waals surface area (Å²) in [5.74, 6) is 1.17. The van der Waals surface area contributed by atoms with Gasteiger partial charge in [-0.2, -0.15) is 9.78 Å². The summed E-state index contributed by atoms with van der Waals surface area (Å²) in [6, 6.07) is 19.6. The van der Waals surface area contributed by atoms with E-state index in [1.165, 1.54) is 16.8 Å². The van der Waals surface area contributed by atoms with Crippen LogP contribution in [0.1, 0.15) is 37.6 Å². The Balaban J connectivity index is 1.66. The second kappa shape index (κ2) is 10.5. The predicted molar refractivity (Wildman–Crippen MR) is 150 cm³/mol. The largest absolute Gasteiger partial charge is 0.438 e. The minimum Gasteiger partial charge on any atom is -0.438 e. The third-order valence-corrected chi connectivity index (χ3v) is 6.76. The van der Waals surface area contributed by atoms with Gasteiger partial charge in [0.15, 0.2) is 0 Å². The van der Waals surface area contributed by atoms with Crippen LogP contribution in [-0.4, -0.2) is 25.8 Å². The number of nitro groups is 1. The van der Waals surface area contributed by atoms with Crippen LogP contribution in [0, 0.1) is 10.1 Å². The fraction of sp³-hybridized carbons (Fsp3) is 0.143. The van der Waals surface area contributed by atoms with Crippen LogP contribution in [0.5, 0.6) is 11.6 Å². The first-order valence-electron chi connectivity index (χ1n) is 11.9. The van der Waals surface area contributed by atoms with Gasteiger partial charge in [-0.3, -0.25) is 14.9 Å². The van der Waals surface area contributed by atoms with E-state index < -0.39 is 4.92 Å². The van der Waals surface area contributed by atoms with Gasteiger partial charge in [-0.25, -0.2) is 9.97 Å². The van der Waals surface area contributed by atoms with Crippen LogP contribution in [0.3, 0.4) is 0 Å². The smallest absolute Gasteiger partial charge is 0.287 e. The lowest BCUT2D eigenvalue weighted by atomic mass is 10.0. The van der Waals surface area contributed by atoms with Crippen molar-refractivity contribution in [3.8, 4) is 11.6 Å². The molecule has 0 spiro atoms. The Bertz CT molecular complexity index is 1770. The third-order valence-electron chi connectivity index (χ3n) is 6.27. The van der Waals surface area contributed by atoms with Crippen molar-refractivity contribution >= 4 is 49.5 Å². The van der Waals surface area contributed by atoms with Crippen molar-refractivity contribution in [1.29, 1.82) is 0 Å². The molecule has 1 atom stereocenters. The van der Waals surface area contributed by atoms with Crippen LogP contribution >= 0.6 is 15.9 Å². The first-order valence-corrected chi connectivity index (χ1v) is 12.7. The molecule has 0 aliphatic heterocycles. The molecule has 0 aliphatic rings. The molecule has 10 heteroatoms. The van der Waals surface area contributed by atoms with Crippen LogP contribution < -0.4 is 10.3 Å². The Morgan fingerprint density at radius 1 is 1.13 bits per heavy atom. The van der Waals surface area contributed by atoms with Gasteiger partial charge in [0.1, 0.15) is 17.8 Å². The molecule has 38 heavy (non-hydrogen) atoms. The minimum absolute atomic E-state index is 0.0135. The average Bonchev–Trinajstić information content (AvgIpc) is 2.93. The predicted octanol–water partition coefficient (Wildman–Crippen LogP) is 6.80. The topological polar surface area (TPSA) is 113 Å². The number of halogens is 1. The van der Waals surface area contributed by atoms with E-state index in [4.69, 9.17) is 9.72 Å². The van der Waals surface area contributed by atoms with Crippen LogP contribution in [0.25, 0.3) is 21.7 Å². The van der Waals surface area contributed by atoms with E-state index in [2.05, 4.69) is 26.0 Å². The van der Waals surface area contributed by atoms with E-state index in [1.807, 2.05) is 56.3 Å². The summed E-state index contributed by atoms with van der Waals surface area (Å²) in [7, 11) is 0. The number of nitrogens with zero attached hydrogens (tertiary/aromatic N) is 5. The summed E-state index contributed by atoms with van der Waals surface area (Å²) < 4.78 is 8.14. The molecule has 9 nitrogen and oxygen atoms in total. The van der Waals surface area contributed by atoms with Gasteiger partial charge in [0, 0.05) is 28.1 Å². The Kier molecular flexibility index (Phi) is 6.97. The Hall–Kier alpha value is -4.44. The first-order chi connectivity index (χ1) is 18.4. The minimum atomic E-state index is -0.520. The highest BCUT2D eigenvalue weighted by Crippen LogP contribution is 2.30. The Morgan fingerprint density at radius 2 is 1.95 bits per heavy atom. The molecule has 2 aromatic heterocycles. The molecule has 5 rings (SSSR count). The summed E-state index contributed by atoms with van der Waals surface area (Å²) >= 11 is 3.43. The molecule has 3 aromatic carbocycles. The molecular weight excluding hydrogens is 550 g/mol. The van der Waals surface area contributed by atoms with Gasteiger partial charge in [-0.1, -0.05) is 60.1 Å². The van der Waals surface area contributed by atoms with Crippen molar-refractivity contribution in [1.82, 2.24) is 14.6 Å². The van der Waals surface area contributed by atoms with Gasteiger partial charge >= 0.3 is 0 Å². The maximum atomic E-state index is 13.6. The zero-order valence-corrected chi connectivity index (χ0v) is 22.1. The highest BCUT2D eigenvalue weighted by atomic mass is 79.9. The van der Waals surface area contributed by atoms with Crippen LogP contribution in [0.2, 0.25) is 0 Å².